The van der Waals surface area contributed by atoms with Gasteiger partial charge in [-0.15, -0.1) is 0 Å². The number of nitrogens with one attached hydrogen (secondary N) is 1. The topological polar surface area (TPSA) is 84.9 Å². The molecule has 0 unspecified atom stereocenters. The molecule has 2 saturated heterocycles. The molecule has 29 heavy (non-hydrogen) atoms. The minimum absolute atomic E-state index is 0.0205. The Kier molecular flexibility index (Phi) is 6.45. The number of esters is 1. The highest BCUT2D eigenvalue weighted by Gasteiger charge is 2.46. The average Bonchev–Trinajstić information content (AvgIpc) is 3.02. The number of nitrogens with zero attached hydrogens (tertiary/aromatic N) is 1. The van der Waals surface area contributed by atoms with Crippen LogP contribution in [-0.2, 0) is 25.7 Å². The van der Waals surface area contributed by atoms with Gasteiger partial charge in [0.25, 0.3) is 0 Å². The molecule has 2 heterocycles. The number of hydrogen-bond acceptors (Lipinski definition) is 5. The van der Waals surface area contributed by atoms with Crippen molar-refractivity contribution in [1.82, 2.24) is 10.2 Å². The van der Waals surface area contributed by atoms with Gasteiger partial charge in [0.2, 0.25) is 5.91 Å². The monoisotopic (exact) mass is 402 g/mol. The zero-order valence-corrected chi connectivity index (χ0v) is 17.3. The zero-order valence-electron chi connectivity index (χ0n) is 17.3. The smallest absolute Gasteiger partial charge is 0.408 e. The second-order valence-electron chi connectivity index (χ2n) is 8.72. The molecule has 1 N–H and O–H groups in total. The highest BCUT2D eigenvalue weighted by Crippen LogP contribution is 2.33. The van der Waals surface area contributed by atoms with E-state index in [1.165, 1.54) is 0 Å². The zero-order chi connectivity index (χ0) is 21.0. The molecule has 1 aromatic carbocycles. The first kappa shape index (κ1) is 21.1. The van der Waals surface area contributed by atoms with E-state index in [0.29, 0.717) is 12.8 Å². The summed E-state index contributed by atoms with van der Waals surface area (Å²) in [4.78, 5) is 39.7. The normalized spacial score (nSPS) is 24.4. The maximum absolute atomic E-state index is 13.2. The fraction of sp³-hybridized carbons (Fsp3) is 0.591. The van der Waals surface area contributed by atoms with Gasteiger partial charge in [0.15, 0.2) is 0 Å². The van der Waals surface area contributed by atoms with Crippen molar-refractivity contribution < 1.29 is 23.9 Å². The van der Waals surface area contributed by atoms with E-state index in [1.54, 1.807) is 4.90 Å². The molecule has 1 aromatic rings. The van der Waals surface area contributed by atoms with E-state index >= 15 is 0 Å². The Hall–Kier alpha value is -2.57. The van der Waals surface area contributed by atoms with Crippen molar-refractivity contribution in [3.05, 3.63) is 35.9 Å². The van der Waals surface area contributed by atoms with Crippen LogP contribution >= 0.6 is 0 Å². The lowest BCUT2D eigenvalue weighted by atomic mass is 10.1. The quantitative estimate of drug-likeness (QED) is 0.782. The molecule has 2 aliphatic heterocycles. The van der Waals surface area contributed by atoms with E-state index in [0.717, 1.165) is 24.8 Å². The molecule has 3 atom stereocenters. The van der Waals surface area contributed by atoms with Crippen LogP contribution in [0.25, 0.3) is 0 Å². The number of hydrogen-bond donors (Lipinski definition) is 1. The molecule has 0 spiro atoms. The second-order valence-corrected chi connectivity index (χ2v) is 8.72. The van der Waals surface area contributed by atoms with Gasteiger partial charge in [-0.2, -0.15) is 0 Å². The largest absolute Gasteiger partial charge is 0.458 e. The number of carbonyl (C=O) groups is 3. The molecule has 7 nitrogen and oxygen atoms in total. The SMILES string of the molecule is CC(C)(C)OC(=O)[C@@H]1CC[C@@H]2CCC[C@H](NC(=O)OCc3ccccc3)C(=O)N21. The minimum atomic E-state index is -0.689. The van der Waals surface area contributed by atoms with Crippen molar-refractivity contribution in [2.24, 2.45) is 0 Å². The minimum Gasteiger partial charge on any atom is -0.458 e. The first-order valence-corrected chi connectivity index (χ1v) is 10.3. The van der Waals surface area contributed by atoms with Gasteiger partial charge in [-0.3, -0.25) is 4.79 Å². The van der Waals surface area contributed by atoms with E-state index in [4.69, 9.17) is 9.47 Å². The Morgan fingerprint density at radius 1 is 1.10 bits per heavy atom. The molecule has 0 aliphatic carbocycles. The van der Waals surface area contributed by atoms with Crippen molar-refractivity contribution in [3.8, 4) is 0 Å². The third kappa shape index (κ3) is 5.49. The Bertz CT molecular complexity index is 743. The van der Waals surface area contributed by atoms with Crippen LogP contribution in [0.4, 0.5) is 4.79 Å². The molecule has 7 heteroatoms. The molecule has 158 valence electrons. The summed E-state index contributed by atoms with van der Waals surface area (Å²) in [5.74, 6) is -0.599. The van der Waals surface area contributed by atoms with Crippen molar-refractivity contribution >= 4 is 18.0 Å². The summed E-state index contributed by atoms with van der Waals surface area (Å²) in [6, 6.07) is 8.11. The van der Waals surface area contributed by atoms with Gasteiger partial charge in [-0.25, -0.2) is 9.59 Å². The molecule has 0 bridgehead atoms. The van der Waals surface area contributed by atoms with Gasteiger partial charge in [-0.1, -0.05) is 30.3 Å². The first-order chi connectivity index (χ1) is 13.7. The summed E-state index contributed by atoms with van der Waals surface area (Å²) in [5, 5.41) is 2.69. The number of carbonyl (C=O) groups excluding carboxylic acids is 3. The summed E-state index contributed by atoms with van der Waals surface area (Å²) >= 11 is 0. The van der Waals surface area contributed by atoms with Crippen LogP contribution < -0.4 is 5.32 Å². The van der Waals surface area contributed by atoms with Crippen LogP contribution in [0.5, 0.6) is 0 Å². The first-order valence-electron chi connectivity index (χ1n) is 10.3. The molecule has 0 radical (unpaired) electrons. The van der Waals surface area contributed by atoms with Crippen LogP contribution in [-0.4, -0.2) is 46.6 Å². The Balaban J connectivity index is 1.62. The summed E-state index contributed by atoms with van der Waals surface area (Å²) in [5.41, 5.74) is 0.266. The van der Waals surface area contributed by atoms with E-state index in [9.17, 15) is 14.4 Å². The fourth-order valence-corrected chi connectivity index (χ4v) is 4.00. The third-order valence-corrected chi connectivity index (χ3v) is 5.27. The van der Waals surface area contributed by atoms with Gasteiger partial charge < -0.3 is 19.7 Å². The number of alkyl carbamates (subject to hydrolysis) is 1. The highest BCUT2D eigenvalue weighted by atomic mass is 16.6. The predicted octanol–water partition coefficient (Wildman–Crippen LogP) is 3.17. The van der Waals surface area contributed by atoms with Crippen LogP contribution in [0.15, 0.2) is 30.3 Å². The Morgan fingerprint density at radius 2 is 1.83 bits per heavy atom. The maximum Gasteiger partial charge on any atom is 0.408 e. The Labute approximate surface area is 171 Å². The predicted molar refractivity (Wildman–Crippen MR) is 107 cm³/mol. The standard InChI is InChI=1S/C22H30N2O5/c1-22(2,3)29-20(26)18-13-12-16-10-7-11-17(19(25)24(16)18)23-21(27)28-14-15-8-5-4-6-9-15/h4-6,8-9,16-18H,7,10-14H2,1-3H3,(H,23,27)/t16-,17-,18-/m0/s1. The lowest BCUT2D eigenvalue weighted by molar-refractivity contribution is -0.164. The summed E-state index contributed by atoms with van der Waals surface area (Å²) in [6.45, 7) is 5.58. The summed E-state index contributed by atoms with van der Waals surface area (Å²) in [6.07, 6.45) is 2.91. The maximum atomic E-state index is 13.2. The number of fused-ring (bicyclic) bond motifs is 1. The third-order valence-electron chi connectivity index (χ3n) is 5.27. The van der Waals surface area contributed by atoms with E-state index < -0.39 is 23.8 Å². The van der Waals surface area contributed by atoms with E-state index in [-0.39, 0.29) is 24.5 Å². The van der Waals surface area contributed by atoms with Gasteiger partial charge in [0, 0.05) is 6.04 Å². The molecular formula is C22H30N2O5. The molecule has 2 amide bonds. The number of ether oxygens (including phenoxy) is 2. The molecule has 2 fully saturated rings. The highest BCUT2D eigenvalue weighted by molar-refractivity contribution is 5.90. The molecule has 0 saturated carbocycles. The van der Waals surface area contributed by atoms with Crippen molar-refractivity contribution in [3.63, 3.8) is 0 Å². The molecular weight excluding hydrogens is 372 g/mol. The van der Waals surface area contributed by atoms with E-state index in [2.05, 4.69) is 5.32 Å². The average molecular weight is 402 g/mol. The van der Waals surface area contributed by atoms with Crippen LogP contribution in [0.3, 0.4) is 0 Å². The number of benzene rings is 1. The lowest BCUT2D eigenvalue weighted by Crippen LogP contribution is -2.53. The second kappa shape index (κ2) is 8.84. The van der Waals surface area contributed by atoms with E-state index in [1.807, 2.05) is 51.1 Å². The summed E-state index contributed by atoms with van der Waals surface area (Å²) in [7, 11) is 0. The summed E-state index contributed by atoms with van der Waals surface area (Å²) < 4.78 is 10.8. The van der Waals surface area contributed by atoms with Crippen LogP contribution in [0.1, 0.15) is 58.4 Å². The van der Waals surface area contributed by atoms with Crippen molar-refractivity contribution in [2.45, 2.75) is 83.2 Å². The van der Waals surface area contributed by atoms with Crippen molar-refractivity contribution in [1.29, 1.82) is 0 Å². The number of rotatable bonds is 4. The van der Waals surface area contributed by atoms with Gasteiger partial charge in [-0.05, 0) is 58.4 Å². The lowest BCUT2D eigenvalue weighted by Gasteiger charge is -2.31. The van der Waals surface area contributed by atoms with Crippen molar-refractivity contribution in [2.75, 3.05) is 0 Å². The van der Waals surface area contributed by atoms with Gasteiger partial charge in [0.05, 0.1) is 0 Å². The molecule has 0 aromatic heterocycles. The fourth-order valence-electron chi connectivity index (χ4n) is 4.00. The van der Waals surface area contributed by atoms with Crippen LogP contribution in [0.2, 0.25) is 0 Å². The number of amides is 2. The Morgan fingerprint density at radius 3 is 2.52 bits per heavy atom. The molecule has 3 rings (SSSR count). The van der Waals surface area contributed by atoms with Gasteiger partial charge in [0.1, 0.15) is 24.3 Å². The molecule has 2 aliphatic rings. The van der Waals surface area contributed by atoms with Crippen LogP contribution in [0, 0.1) is 0 Å². The van der Waals surface area contributed by atoms with Gasteiger partial charge >= 0.3 is 12.1 Å².